The van der Waals surface area contributed by atoms with Gasteiger partial charge < -0.3 is 15.7 Å². The molecular formula is C19H27ClN2O4. The van der Waals surface area contributed by atoms with E-state index in [1.807, 2.05) is 20.8 Å². The van der Waals surface area contributed by atoms with Crippen LogP contribution in [0.25, 0.3) is 0 Å². The molecule has 7 heteroatoms. The molecule has 0 bridgehead atoms. The lowest BCUT2D eigenvalue weighted by Gasteiger charge is -2.26. The minimum absolute atomic E-state index is 0.0517. The zero-order chi connectivity index (χ0) is 20.1. The summed E-state index contributed by atoms with van der Waals surface area (Å²) >= 11 is 6.12. The molecule has 0 aliphatic rings. The van der Waals surface area contributed by atoms with Crippen LogP contribution >= 0.6 is 11.6 Å². The van der Waals surface area contributed by atoms with Crippen molar-refractivity contribution in [3.8, 4) is 0 Å². The summed E-state index contributed by atoms with van der Waals surface area (Å²) in [6.07, 6.45) is 0.580. The number of carbonyl (C=O) groups excluding carboxylic acids is 2. The second-order valence-electron chi connectivity index (χ2n) is 8.21. The molecule has 0 aliphatic heterocycles. The number of amides is 2. The summed E-state index contributed by atoms with van der Waals surface area (Å²) in [5, 5.41) is 14.6. The van der Waals surface area contributed by atoms with Crippen LogP contribution in [0, 0.1) is 5.41 Å². The van der Waals surface area contributed by atoms with Crippen molar-refractivity contribution in [2.45, 2.75) is 59.4 Å². The lowest BCUT2D eigenvalue weighted by Crippen LogP contribution is -2.43. The fourth-order valence-electron chi connectivity index (χ4n) is 2.32. The Bertz CT molecular complexity index is 693. The van der Waals surface area contributed by atoms with Gasteiger partial charge in [0, 0.05) is 24.1 Å². The van der Waals surface area contributed by atoms with Crippen LogP contribution in [-0.4, -0.2) is 28.4 Å². The highest BCUT2D eigenvalue weighted by atomic mass is 35.5. The normalized spacial score (nSPS) is 11.8. The highest BCUT2D eigenvalue weighted by Gasteiger charge is 2.24. The van der Waals surface area contributed by atoms with Gasteiger partial charge in [-0.2, -0.15) is 0 Å². The summed E-state index contributed by atoms with van der Waals surface area (Å²) < 4.78 is 0. The van der Waals surface area contributed by atoms with Crippen molar-refractivity contribution in [2.75, 3.05) is 5.32 Å². The molecule has 0 unspecified atom stereocenters. The lowest BCUT2D eigenvalue weighted by atomic mass is 9.92. The molecule has 0 heterocycles. The zero-order valence-electron chi connectivity index (χ0n) is 15.9. The van der Waals surface area contributed by atoms with Crippen molar-refractivity contribution in [1.82, 2.24) is 5.32 Å². The predicted octanol–water partition coefficient (Wildman–Crippen LogP) is 4.09. The average molecular weight is 383 g/mol. The first-order valence-corrected chi connectivity index (χ1v) is 8.81. The van der Waals surface area contributed by atoms with Crippen LogP contribution in [0.2, 0.25) is 5.02 Å². The summed E-state index contributed by atoms with van der Waals surface area (Å²) in [5.41, 5.74) is -0.143. The number of benzene rings is 1. The van der Waals surface area contributed by atoms with Crippen LogP contribution in [0.15, 0.2) is 18.2 Å². The van der Waals surface area contributed by atoms with Crippen LogP contribution in [0.1, 0.15) is 64.2 Å². The summed E-state index contributed by atoms with van der Waals surface area (Å²) in [5.74, 6) is -1.49. The number of rotatable bonds is 7. The SMILES string of the molecule is CC(C)(C)CC(=O)Nc1ccc(Cl)c(C(=O)NC(C)(C)CCC(=O)O)c1. The Morgan fingerprint density at radius 2 is 1.73 bits per heavy atom. The molecule has 1 aromatic rings. The van der Waals surface area contributed by atoms with Gasteiger partial charge in [-0.25, -0.2) is 0 Å². The molecule has 0 aliphatic carbocycles. The van der Waals surface area contributed by atoms with Crippen molar-refractivity contribution in [1.29, 1.82) is 0 Å². The standard InChI is InChI=1S/C19H27ClN2O4/c1-18(2,3)11-15(23)21-12-6-7-14(20)13(10-12)17(26)22-19(4,5)9-8-16(24)25/h6-7,10H,8-9,11H2,1-5H3,(H,21,23)(H,22,26)(H,24,25). The number of hydrogen-bond donors (Lipinski definition) is 3. The van der Waals surface area contributed by atoms with E-state index in [2.05, 4.69) is 10.6 Å². The van der Waals surface area contributed by atoms with Gasteiger partial charge in [0.2, 0.25) is 5.91 Å². The van der Waals surface area contributed by atoms with Gasteiger partial charge in [-0.05, 0) is 43.9 Å². The third kappa shape index (κ3) is 7.87. The second-order valence-corrected chi connectivity index (χ2v) is 8.62. The van der Waals surface area contributed by atoms with E-state index < -0.39 is 17.4 Å². The van der Waals surface area contributed by atoms with Crippen molar-refractivity contribution in [2.24, 2.45) is 5.41 Å². The topological polar surface area (TPSA) is 95.5 Å². The first-order chi connectivity index (χ1) is 11.8. The molecule has 2 amide bonds. The van der Waals surface area contributed by atoms with E-state index in [1.165, 1.54) is 6.07 Å². The summed E-state index contributed by atoms with van der Waals surface area (Å²) in [6.45, 7) is 9.39. The first kappa shape index (κ1) is 22.0. The van der Waals surface area contributed by atoms with Crippen molar-refractivity contribution < 1.29 is 19.5 Å². The van der Waals surface area contributed by atoms with Gasteiger partial charge in [0.25, 0.3) is 5.91 Å². The monoisotopic (exact) mass is 382 g/mol. The Kier molecular flexibility index (Phi) is 7.21. The van der Waals surface area contributed by atoms with Crippen molar-refractivity contribution in [3.63, 3.8) is 0 Å². The zero-order valence-corrected chi connectivity index (χ0v) is 16.7. The molecule has 1 aromatic carbocycles. The van der Waals surface area contributed by atoms with E-state index >= 15 is 0 Å². The third-order valence-corrected chi connectivity index (χ3v) is 3.93. The Balaban J connectivity index is 2.87. The first-order valence-electron chi connectivity index (χ1n) is 8.43. The van der Waals surface area contributed by atoms with E-state index in [0.29, 0.717) is 12.1 Å². The van der Waals surface area contributed by atoms with Gasteiger partial charge in [-0.15, -0.1) is 0 Å². The number of hydrogen-bond acceptors (Lipinski definition) is 3. The highest BCUT2D eigenvalue weighted by Crippen LogP contribution is 2.24. The van der Waals surface area contributed by atoms with E-state index in [1.54, 1.807) is 26.0 Å². The van der Waals surface area contributed by atoms with Crippen LogP contribution in [0.3, 0.4) is 0 Å². The minimum atomic E-state index is -0.922. The molecule has 0 radical (unpaired) electrons. The van der Waals surface area contributed by atoms with Gasteiger partial charge in [0.05, 0.1) is 10.6 Å². The summed E-state index contributed by atoms with van der Waals surface area (Å²) in [6, 6.07) is 4.70. The number of carbonyl (C=O) groups is 3. The lowest BCUT2D eigenvalue weighted by molar-refractivity contribution is -0.137. The molecule has 0 saturated carbocycles. The maximum Gasteiger partial charge on any atom is 0.303 e. The van der Waals surface area contributed by atoms with Gasteiger partial charge in [0.1, 0.15) is 0 Å². The number of carboxylic acid groups (broad SMARTS) is 1. The predicted molar refractivity (Wildman–Crippen MR) is 103 cm³/mol. The molecule has 3 N–H and O–H groups in total. The summed E-state index contributed by atoms with van der Waals surface area (Å²) in [7, 11) is 0. The van der Waals surface area contributed by atoms with Crippen LogP contribution < -0.4 is 10.6 Å². The average Bonchev–Trinajstić information content (AvgIpc) is 2.44. The number of anilines is 1. The Morgan fingerprint density at radius 1 is 1.12 bits per heavy atom. The Labute approximate surface area is 159 Å². The number of nitrogens with one attached hydrogen (secondary N) is 2. The molecule has 0 saturated heterocycles. The molecule has 0 spiro atoms. The molecule has 0 aromatic heterocycles. The van der Waals surface area contributed by atoms with E-state index in [9.17, 15) is 14.4 Å². The van der Waals surface area contributed by atoms with E-state index in [-0.39, 0.29) is 34.7 Å². The maximum atomic E-state index is 12.5. The van der Waals surface area contributed by atoms with Crippen molar-refractivity contribution in [3.05, 3.63) is 28.8 Å². The molecule has 0 atom stereocenters. The van der Waals surface area contributed by atoms with Crippen molar-refractivity contribution >= 4 is 35.1 Å². The second kappa shape index (κ2) is 8.54. The molecule has 0 fully saturated rings. The smallest absolute Gasteiger partial charge is 0.303 e. The molecule has 1 rings (SSSR count). The molecular weight excluding hydrogens is 356 g/mol. The Hall–Kier alpha value is -2.08. The van der Waals surface area contributed by atoms with Crippen LogP contribution in [-0.2, 0) is 9.59 Å². The highest BCUT2D eigenvalue weighted by molar-refractivity contribution is 6.34. The fourth-order valence-corrected chi connectivity index (χ4v) is 2.52. The van der Waals surface area contributed by atoms with E-state index in [4.69, 9.17) is 16.7 Å². The number of halogens is 1. The van der Waals surface area contributed by atoms with Gasteiger partial charge >= 0.3 is 5.97 Å². The molecule has 26 heavy (non-hydrogen) atoms. The van der Waals surface area contributed by atoms with Crippen LogP contribution in [0.4, 0.5) is 5.69 Å². The molecule has 6 nitrogen and oxygen atoms in total. The van der Waals surface area contributed by atoms with Gasteiger partial charge in [-0.1, -0.05) is 32.4 Å². The Morgan fingerprint density at radius 3 is 2.27 bits per heavy atom. The maximum absolute atomic E-state index is 12.5. The fraction of sp³-hybridized carbons (Fsp3) is 0.526. The molecule has 144 valence electrons. The van der Waals surface area contributed by atoms with E-state index in [0.717, 1.165) is 0 Å². The number of carboxylic acids is 1. The van der Waals surface area contributed by atoms with Gasteiger partial charge in [0.15, 0.2) is 0 Å². The number of aliphatic carboxylic acids is 1. The quantitative estimate of drug-likeness (QED) is 0.661. The third-order valence-electron chi connectivity index (χ3n) is 3.60. The summed E-state index contributed by atoms with van der Waals surface area (Å²) in [4.78, 5) is 35.3. The van der Waals surface area contributed by atoms with Gasteiger partial charge in [-0.3, -0.25) is 14.4 Å². The minimum Gasteiger partial charge on any atom is -0.481 e. The largest absolute Gasteiger partial charge is 0.481 e. The van der Waals surface area contributed by atoms with Crippen LogP contribution in [0.5, 0.6) is 0 Å².